The highest BCUT2D eigenvalue weighted by Crippen LogP contribution is 2.21. The van der Waals surface area contributed by atoms with Gasteiger partial charge in [0.1, 0.15) is 18.1 Å². The number of carbonyl (C=O) groups excluding carboxylic acids is 1. The lowest BCUT2D eigenvalue weighted by molar-refractivity contribution is -0.135. The fraction of sp³-hybridized carbons (Fsp3) is 0.0625. The fourth-order valence-corrected chi connectivity index (χ4v) is 2.02. The smallest absolute Gasteiger partial charge is 0.323 e. The number of rotatable bonds is 5. The monoisotopic (exact) mass is 313 g/mol. The van der Waals surface area contributed by atoms with Gasteiger partial charge < -0.3 is 15.9 Å². The minimum atomic E-state index is -1.17. The second kappa shape index (κ2) is 6.61. The summed E-state index contributed by atoms with van der Waals surface area (Å²) in [4.78, 5) is 24.8. The summed E-state index contributed by atoms with van der Waals surface area (Å²) in [5.74, 6) is -1.89. The van der Waals surface area contributed by atoms with E-state index in [9.17, 15) is 14.7 Å². The molecule has 23 heavy (non-hydrogen) atoms. The molecule has 5 N–H and O–H groups in total. The lowest BCUT2D eigenvalue weighted by atomic mass is 10.1. The molecule has 0 aliphatic rings. The van der Waals surface area contributed by atoms with Gasteiger partial charge in [-0.3, -0.25) is 19.9 Å². The predicted molar refractivity (Wildman–Crippen MR) is 84.9 cm³/mol. The van der Waals surface area contributed by atoms with Crippen LogP contribution in [0.1, 0.15) is 15.9 Å². The number of amides is 1. The maximum absolute atomic E-state index is 12.6. The van der Waals surface area contributed by atoms with Crippen LogP contribution < -0.4 is 10.6 Å². The molecule has 1 amide bonds. The Morgan fingerprint density at radius 2 is 1.70 bits per heavy atom. The number of phenolic OH excluding ortho intramolecular Hbond substituents is 1. The molecule has 0 radical (unpaired) electrons. The normalized spacial score (nSPS) is 10.1. The molecular formula is C16H15N3O4. The van der Waals surface area contributed by atoms with Gasteiger partial charge in [0.2, 0.25) is 0 Å². The summed E-state index contributed by atoms with van der Waals surface area (Å²) in [5.41, 5.74) is 6.33. The highest BCUT2D eigenvalue weighted by molar-refractivity contribution is 6.09. The highest BCUT2D eigenvalue weighted by atomic mass is 16.4. The van der Waals surface area contributed by atoms with Crippen molar-refractivity contribution in [1.82, 2.24) is 0 Å². The van der Waals surface area contributed by atoms with Crippen LogP contribution in [-0.4, -0.2) is 34.5 Å². The predicted octanol–water partition coefficient (Wildman–Crippen LogP) is 1.41. The van der Waals surface area contributed by atoms with Crippen molar-refractivity contribution in [2.24, 2.45) is 5.73 Å². The number of benzene rings is 2. The third kappa shape index (κ3) is 3.85. The summed E-state index contributed by atoms with van der Waals surface area (Å²) in [6, 6.07) is 11.7. The summed E-state index contributed by atoms with van der Waals surface area (Å²) in [7, 11) is 0. The average Bonchev–Trinajstić information content (AvgIpc) is 2.53. The van der Waals surface area contributed by atoms with Crippen molar-refractivity contribution in [3.8, 4) is 5.75 Å². The van der Waals surface area contributed by atoms with Crippen LogP contribution in [0.3, 0.4) is 0 Å². The van der Waals surface area contributed by atoms with Crippen molar-refractivity contribution in [2.45, 2.75) is 0 Å². The number of carboxylic acid groups (broad SMARTS) is 1. The second-order valence-electron chi connectivity index (χ2n) is 4.80. The standard InChI is InChI=1S/C16H15N3O4/c17-15(18)10-2-1-3-11(8-10)16(23)19(9-14(21)22)12-4-6-13(20)7-5-12/h1-8,20H,9H2,(H3,17,18)(H,21,22). The van der Waals surface area contributed by atoms with E-state index in [0.717, 1.165) is 4.90 Å². The summed E-state index contributed by atoms with van der Waals surface area (Å²) >= 11 is 0. The molecule has 0 heterocycles. The van der Waals surface area contributed by atoms with Crippen molar-refractivity contribution >= 4 is 23.4 Å². The molecule has 0 saturated heterocycles. The Morgan fingerprint density at radius 3 is 2.26 bits per heavy atom. The van der Waals surface area contributed by atoms with Crippen LogP contribution in [0.4, 0.5) is 5.69 Å². The van der Waals surface area contributed by atoms with Gasteiger partial charge in [-0.05, 0) is 36.4 Å². The third-order valence-corrected chi connectivity index (χ3v) is 3.12. The first-order valence-electron chi connectivity index (χ1n) is 6.65. The number of carboxylic acids is 1. The maximum Gasteiger partial charge on any atom is 0.323 e. The van der Waals surface area contributed by atoms with Crippen molar-refractivity contribution in [3.05, 3.63) is 59.7 Å². The molecule has 2 aromatic carbocycles. The average molecular weight is 313 g/mol. The van der Waals surface area contributed by atoms with Crippen LogP contribution in [0, 0.1) is 5.41 Å². The lowest BCUT2D eigenvalue weighted by Crippen LogP contribution is -2.35. The van der Waals surface area contributed by atoms with Gasteiger partial charge in [-0.2, -0.15) is 0 Å². The van der Waals surface area contributed by atoms with E-state index in [1.54, 1.807) is 12.1 Å². The lowest BCUT2D eigenvalue weighted by Gasteiger charge is -2.21. The van der Waals surface area contributed by atoms with Crippen LogP contribution in [0.5, 0.6) is 5.75 Å². The number of nitrogens with two attached hydrogens (primary N) is 1. The van der Waals surface area contributed by atoms with Gasteiger partial charge in [0.25, 0.3) is 5.91 Å². The minimum Gasteiger partial charge on any atom is -0.508 e. The topological polar surface area (TPSA) is 128 Å². The molecule has 0 aliphatic carbocycles. The van der Waals surface area contributed by atoms with E-state index in [-0.39, 0.29) is 17.1 Å². The van der Waals surface area contributed by atoms with Crippen LogP contribution in [0.2, 0.25) is 0 Å². The van der Waals surface area contributed by atoms with E-state index in [1.807, 2.05) is 0 Å². The second-order valence-corrected chi connectivity index (χ2v) is 4.80. The SMILES string of the molecule is N=C(N)c1cccc(C(=O)N(CC(=O)O)c2ccc(O)cc2)c1. The largest absolute Gasteiger partial charge is 0.508 e. The zero-order chi connectivity index (χ0) is 17.0. The van der Waals surface area contributed by atoms with E-state index in [1.165, 1.54) is 36.4 Å². The number of phenols is 1. The van der Waals surface area contributed by atoms with E-state index < -0.39 is 18.4 Å². The maximum atomic E-state index is 12.6. The number of amidine groups is 1. The molecule has 118 valence electrons. The molecule has 0 aliphatic heterocycles. The number of nitrogens with one attached hydrogen (secondary N) is 1. The van der Waals surface area contributed by atoms with Gasteiger partial charge in [-0.15, -0.1) is 0 Å². The molecule has 2 aromatic rings. The number of hydrogen-bond acceptors (Lipinski definition) is 4. The van der Waals surface area contributed by atoms with E-state index in [2.05, 4.69) is 0 Å². The van der Waals surface area contributed by atoms with Crippen LogP contribution in [-0.2, 0) is 4.79 Å². The molecule has 0 fully saturated rings. The Balaban J connectivity index is 2.40. The molecule has 0 saturated carbocycles. The minimum absolute atomic E-state index is 0.00931. The molecule has 0 atom stereocenters. The quantitative estimate of drug-likeness (QED) is 0.490. The fourth-order valence-electron chi connectivity index (χ4n) is 2.02. The molecule has 0 bridgehead atoms. The first-order valence-corrected chi connectivity index (χ1v) is 6.65. The van der Waals surface area contributed by atoms with Gasteiger partial charge in [0, 0.05) is 16.8 Å². The Labute approximate surface area is 132 Å². The number of nitrogen functional groups attached to an aromatic ring is 1. The van der Waals surface area contributed by atoms with Crippen molar-refractivity contribution in [2.75, 3.05) is 11.4 Å². The van der Waals surface area contributed by atoms with Crippen LogP contribution >= 0.6 is 0 Å². The summed E-state index contributed by atoms with van der Waals surface area (Å²) < 4.78 is 0. The van der Waals surface area contributed by atoms with Gasteiger partial charge in [-0.25, -0.2) is 0 Å². The Bertz CT molecular complexity index is 756. The number of hydrogen-bond donors (Lipinski definition) is 4. The Hall–Kier alpha value is -3.35. The first kappa shape index (κ1) is 16.0. The van der Waals surface area contributed by atoms with Gasteiger partial charge in [0.05, 0.1) is 0 Å². The highest BCUT2D eigenvalue weighted by Gasteiger charge is 2.21. The van der Waals surface area contributed by atoms with E-state index >= 15 is 0 Å². The van der Waals surface area contributed by atoms with E-state index in [0.29, 0.717) is 11.3 Å². The Kier molecular flexibility index (Phi) is 4.61. The zero-order valence-electron chi connectivity index (χ0n) is 12.1. The number of aromatic hydroxyl groups is 1. The van der Waals surface area contributed by atoms with Crippen LogP contribution in [0.25, 0.3) is 0 Å². The number of nitrogens with zero attached hydrogens (tertiary/aromatic N) is 1. The molecule has 0 aromatic heterocycles. The van der Waals surface area contributed by atoms with Crippen molar-refractivity contribution in [3.63, 3.8) is 0 Å². The number of anilines is 1. The van der Waals surface area contributed by atoms with Gasteiger partial charge in [0.15, 0.2) is 0 Å². The Morgan fingerprint density at radius 1 is 1.09 bits per heavy atom. The first-order chi connectivity index (χ1) is 10.9. The third-order valence-electron chi connectivity index (χ3n) is 3.12. The summed E-state index contributed by atoms with van der Waals surface area (Å²) in [5, 5.41) is 25.8. The van der Waals surface area contributed by atoms with Crippen molar-refractivity contribution in [1.29, 1.82) is 5.41 Å². The molecule has 2 rings (SSSR count). The summed E-state index contributed by atoms with van der Waals surface area (Å²) in [6.07, 6.45) is 0. The molecule has 0 unspecified atom stereocenters. The summed E-state index contributed by atoms with van der Waals surface area (Å²) in [6.45, 7) is -0.534. The number of carbonyl (C=O) groups is 2. The zero-order valence-corrected chi connectivity index (χ0v) is 12.1. The molecule has 0 spiro atoms. The molecule has 7 nitrogen and oxygen atoms in total. The van der Waals surface area contributed by atoms with Gasteiger partial charge in [-0.1, -0.05) is 12.1 Å². The molecular weight excluding hydrogens is 298 g/mol. The van der Waals surface area contributed by atoms with Gasteiger partial charge >= 0.3 is 5.97 Å². The molecule has 7 heteroatoms. The number of aliphatic carboxylic acids is 1. The van der Waals surface area contributed by atoms with Crippen LogP contribution in [0.15, 0.2) is 48.5 Å². The van der Waals surface area contributed by atoms with E-state index in [4.69, 9.17) is 16.2 Å². The van der Waals surface area contributed by atoms with Crippen molar-refractivity contribution < 1.29 is 19.8 Å².